The van der Waals surface area contributed by atoms with E-state index in [2.05, 4.69) is 25.3 Å². The zero-order valence-corrected chi connectivity index (χ0v) is 15.6. The standard InChI is InChI=1S/C18H17ClFN7O/c19-17-23-6-14(20)15(25-17)27-8-12-11(13(12)9-27)1-2-21-16(28)10-5-24-18-22-3-4-26(18)7-10/h3-7,11-13H,1-2,8-9H2,(H,21,28). The van der Waals surface area contributed by atoms with Crippen molar-refractivity contribution >= 4 is 29.1 Å². The Labute approximate surface area is 164 Å². The highest BCUT2D eigenvalue weighted by Crippen LogP contribution is 2.54. The number of hydrogen-bond acceptors (Lipinski definition) is 6. The van der Waals surface area contributed by atoms with Crippen LogP contribution < -0.4 is 10.2 Å². The van der Waals surface area contributed by atoms with E-state index < -0.39 is 5.82 Å². The van der Waals surface area contributed by atoms with Gasteiger partial charge in [-0.3, -0.25) is 9.20 Å². The predicted octanol–water partition coefficient (Wildman–Crippen LogP) is 1.81. The molecule has 2 unspecified atom stereocenters. The SMILES string of the molecule is O=C(NCCC1C2CN(c3nc(Cl)ncc3F)CC12)c1cnc2nccn2c1. The topological polar surface area (TPSA) is 88.3 Å². The van der Waals surface area contributed by atoms with Crippen molar-refractivity contribution in [1.82, 2.24) is 29.7 Å². The number of imidazole rings is 1. The molecule has 2 aliphatic rings. The fourth-order valence-corrected chi connectivity index (χ4v) is 4.33. The third-order valence-corrected chi connectivity index (χ3v) is 5.82. The van der Waals surface area contributed by atoms with Crippen molar-refractivity contribution in [2.75, 3.05) is 24.5 Å². The van der Waals surface area contributed by atoms with Crippen molar-refractivity contribution in [2.24, 2.45) is 17.8 Å². The molecular weight excluding hydrogens is 385 g/mol. The Bertz CT molecular complexity index is 1050. The summed E-state index contributed by atoms with van der Waals surface area (Å²) in [5.74, 6) is 1.82. The van der Waals surface area contributed by atoms with E-state index in [1.807, 2.05) is 4.90 Å². The van der Waals surface area contributed by atoms with E-state index in [-0.39, 0.29) is 17.0 Å². The largest absolute Gasteiger partial charge is 0.353 e. The first kappa shape index (κ1) is 17.3. The molecule has 1 saturated heterocycles. The molecule has 3 aromatic rings. The van der Waals surface area contributed by atoms with E-state index in [4.69, 9.17) is 11.6 Å². The minimum Gasteiger partial charge on any atom is -0.353 e. The first-order chi connectivity index (χ1) is 13.6. The Balaban J connectivity index is 1.12. The number of nitrogens with one attached hydrogen (secondary N) is 1. The number of anilines is 1. The molecule has 3 aromatic heterocycles. The Hall–Kier alpha value is -2.81. The summed E-state index contributed by atoms with van der Waals surface area (Å²) < 4.78 is 15.6. The molecule has 4 heterocycles. The van der Waals surface area contributed by atoms with E-state index in [0.29, 0.717) is 35.6 Å². The average molecular weight is 402 g/mol. The molecule has 1 amide bonds. The van der Waals surface area contributed by atoms with Gasteiger partial charge in [-0.15, -0.1) is 0 Å². The summed E-state index contributed by atoms with van der Waals surface area (Å²) in [4.78, 5) is 30.1. The molecule has 1 aliphatic carbocycles. The van der Waals surface area contributed by atoms with Gasteiger partial charge in [-0.05, 0) is 35.8 Å². The molecule has 0 aromatic carbocycles. The number of rotatable bonds is 5. The Kier molecular flexibility index (Phi) is 4.12. The molecule has 0 radical (unpaired) electrons. The molecule has 2 atom stereocenters. The van der Waals surface area contributed by atoms with Gasteiger partial charge in [0.2, 0.25) is 11.1 Å². The van der Waals surface area contributed by atoms with Crippen molar-refractivity contribution in [3.05, 3.63) is 47.6 Å². The molecule has 1 N–H and O–H groups in total. The number of fused-ring (bicyclic) bond motifs is 2. The zero-order chi connectivity index (χ0) is 19.3. The molecule has 2 fully saturated rings. The summed E-state index contributed by atoms with van der Waals surface area (Å²) in [5, 5.41) is 3.01. The van der Waals surface area contributed by atoms with Gasteiger partial charge in [-0.2, -0.15) is 4.98 Å². The van der Waals surface area contributed by atoms with Gasteiger partial charge in [0.15, 0.2) is 11.6 Å². The second kappa shape index (κ2) is 6.66. The number of amides is 1. The first-order valence-electron chi connectivity index (χ1n) is 9.10. The third kappa shape index (κ3) is 3.05. The van der Waals surface area contributed by atoms with Crippen LogP contribution >= 0.6 is 11.6 Å². The van der Waals surface area contributed by atoms with E-state index in [9.17, 15) is 9.18 Å². The highest BCUT2D eigenvalue weighted by molar-refractivity contribution is 6.28. The van der Waals surface area contributed by atoms with Crippen molar-refractivity contribution in [3.63, 3.8) is 0 Å². The predicted molar refractivity (Wildman–Crippen MR) is 99.6 cm³/mol. The van der Waals surface area contributed by atoms with Gasteiger partial charge in [0, 0.05) is 44.4 Å². The average Bonchev–Trinajstić information content (AvgIpc) is 3.08. The number of halogens is 2. The summed E-state index contributed by atoms with van der Waals surface area (Å²) >= 11 is 5.78. The van der Waals surface area contributed by atoms with Gasteiger partial charge in [0.25, 0.3) is 5.91 Å². The van der Waals surface area contributed by atoms with Gasteiger partial charge < -0.3 is 10.2 Å². The van der Waals surface area contributed by atoms with Crippen LogP contribution in [0, 0.1) is 23.6 Å². The van der Waals surface area contributed by atoms with E-state index in [1.54, 1.807) is 23.0 Å². The Morgan fingerprint density at radius 3 is 2.89 bits per heavy atom. The number of carbonyl (C=O) groups is 1. The van der Waals surface area contributed by atoms with Crippen LogP contribution in [0.2, 0.25) is 5.28 Å². The van der Waals surface area contributed by atoms with Crippen molar-refractivity contribution in [1.29, 1.82) is 0 Å². The number of piperidine rings is 1. The number of aromatic nitrogens is 5. The maximum Gasteiger partial charge on any atom is 0.254 e. The number of hydrogen-bond donors (Lipinski definition) is 1. The van der Waals surface area contributed by atoms with Crippen molar-refractivity contribution in [3.8, 4) is 0 Å². The minimum absolute atomic E-state index is 0.0552. The second-order valence-corrected chi connectivity index (χ2v) is 7.57. The molecular formula is C18H17ClFN7O. The second-order valence-electron chi connectivity index (χ2n) is 7.23. The minimum atomic E-state index is -0.446. The fraction of sp³-hybridized carbons (Fsp3) is 0.389. The van der Waals surface area contributed by atoms with Crippen LogP contribution in [0.5, 0.6) is 0 Å². The normalized spacial score (nSPS) is 23.1. The third-order valence-electron chi connectivity index (χ3n) is 5.64. The van der Waals surface area contributed by atoms with Crippen LogP contribution in [-0.4, -0.2) is 49.9 Å². The molecule has 1 saturated carbocycles. The summed E-state index contributed by atoms with van der Waals surface area (Å²) in [6.45, 7) is 2.12. The van der Waals surface area contributed by atoms with Crippen LogP contribution in [0.25, 0.3) is 5.78 Å². The van der Waals surface area contributed by atoms with Crippen LogP contribution in [0.15, 0.2) is 31.0 Å². The summed E-state index contributed by atoms with van der Waals surface area (Å²) in [6, 6.07) is 0. The van der Waals surface area contributed by atoms with Crippen LogP contribution in [0.4, 0.5) is 10.2 Å². The maximum absolute atomic E-state index is 13.9. The van der Waals surface area contributed by atoms with E-state index >= 15 is 0 Å². The smallest absolute Gasteiger partial charge is 0.254 e. The van der Waals surface area contributed by atoms with Gasteiger partial charge in [-0.25, -0.2) is 19.3 Å². The highest BCUT2D eigenvalue weighted by atomic mass is 35.5. The summed E-state index contributed by atoms with van der Waals surface area (Å²) in [7, 11) is 0. The Morgan fingerprint density at radius 2 is 2.07 bits per heavy atom. The number of carbonyl (C=O) groups excluding carboxylic acids is 1. The van der Waals surface area contributed by atoms with Gasteiger partial charge >= 0.3 is 0 Å². The Morgan fingerprint density at radius 1 is 1.25 bits per heavy atom. The van der Waals surface area contributed by atoms with Crippen LogP contribution in [-0.2, 0) is 0 Å². The van der Waals surface area contributed by atoms with Crippen molar-refractivity contribution < 1.29 is 9.18 Å². The lowest BCUT2D eigenvalue weighted by Gasteiger charge is -2.21. The van der Waals surface area contributed by atoms with E-state index in [1.165, 1.54) is 6.20 Å². The quantitative estimate of drug-likeness (QED) is 0.656. The summed E-state index contributed by atoms with van der Waals surface area (Å²) in [5.41, 5.74) is 0.504. The molecule has 8 nitrogen and oxygen atoms in total. The van der Waals surface area contributed by atoms with Crippen molar-refractivity contribution in [2.45, 2.75) is 6.42 Å². The van der Waals surface area contributed by atoms with Crippen LogP contribution in [0.1, 0.15) is 16.8 Å². The zero-order valence-electron chi connectivity index (χ0n) is 14.8. The lowest BCUT2D eigenvalue weighted by molar-refractivity contribution is 0.0951. The molecule has 1 aliphatic heterocycles. The molecule has 5 rings (SSSR count). The summed E-state index contributed by atoms with van der Waals surface area (Å²) in [6.07, 6.45) is 8.66. The van der Waals surface area contributed by atoms with E-state index in [0.717, 1.165) is 25.7 Å². The monoisotopic (exact) mass is 401 g/mol. The lowest BCUT2D eigenvalue weighted by atomic mass is 10.2. The van der Waals surface area contributed by atoms with Gasteiger partial charge in [-0.1, -0.05) is 0 Å². The highest BCUT2D eigenvalue weighted by Gasteiger charge is 2.55. The maximum atomic E-state index is 13.9. The van der Waals surface area contributed by atoms with Gasteiger partial charge in [0.05, 0.1) is 11.8 Å². The number of nitrogens with zero attached hydrogens (tertiary/aromatic N) is 6. The fourth-order valence-electron chi connectivity index (χ4n) is 4.20. The molecule has 0 spiro atoms. The van der Waals surface area contributed by atoms with Gasteiger partial charge in [0.1, 0.15) is 0 Å². The van der Waals surface area contributed by atoms with Crippen LogP contribution in [0.3, 0.4) is 0 Å². The first-order valence-corrected chi connectivity index (χ1v) is 9.48. The lowest BCUT2D eigenvalue weighted by Crippen LogP contribution is -2.28. The molecule has 28 heavy (non-hydrogen) atoms. The molecule has 0 bridgehead atoms. The molecule has 144 valence electrons. The molecule has 10 heteroatoms.